The molecule has 0 aromatic heterocycles. The van der Waals surface area contributed by atoms with Crippen LogP contribution in [-0.2, 0) is 24.8 Å². The SMILES string of the molecule is Cc1ccc(S(=O)(=O)N2CCN(C(=O)[C@@H](C)N(c3cc(Cl)ccc3Cl)S(C)(=O)=O)CC2)cc1. The predicted octanol–water partition coefficient (Wildman–Crippen LogP) is 2.99. The molecule has 1 saturated heterocycles. The van der Waals surface area contributed by atoms with Gasteiger partial charge < -0.3 is 4.90 Å². The van der Waals surface area contributed by atoms with E-state index in [4.69, 9.17) is 23.2 Å². The van der Waals surface area contributed by atoms with Crippen molar-refractivity contribution in [1.29, 1.82) is 0 Å². The Hall–Kier alpha value is -1.85. The molecule has 0 spiro atoms. The van der Waals surface area contributed by atoms with Crippen molar-refractivity contribution in [3.05, 3.63) is 58.1 Å². The van der Waals surface area contributed by atoms with Gasteiger partial charge in [0.15, 0.2) is 0 Å². The number of carbonyl (C=O) groups excluding carboxylic acids is 1. The van der Waals surface area contributed by atoms with Crippen LogP contribution in [0, 0.1) is 6.92 Å². The van der Waals surface area contributed by atoms with Crippen LogP contribution >= 0.6 is 23.2 Å². The highest BCUT2D eigenvalue weighted by Gasteiger charge is 2.36. The number of benzene rings is 2. The third-order valence-electron chi connectivity index (χ3n) is 5.42. The minimum absolute atomic E-state index is 0.103. The molecule has 1 aliphatic rings. The van der Waals surface area contributed by atoms with Crippen molar-refractivity contribution >= 4 is 54.8 Å². The van der Waals surface area contributed by atoms with E-state index in [2.05, 4.69) is 0 Å². The molecule has 1 fully saturated rings. The number of piperazine rings is 1. The molecule has 33 heavy (non-hydrogen) atoms. The summed E-state index contributed by atoms with van der Waals surface area (Å²) in [5.41, 5.74) is 1.06. The zero-order valence-electron chi connectivity index (χ0n) is 18.4. The highest BCUT2D eigenvalue weighted by molar-refractivity contribution is 7.92. The lowest BCUT2D eigenvalue weighted by molar-refractivity contribution is -0.133. The smallest absolute Gasteiger partial charge is 0.246 e. The molecule has 2 aromatic rings. The van der Waals surface area contributed by atoms with Gasteiger partial charge in [-0.3, -0.25) is 9.10 Å². The Morgan fingerprint density at radius 1 is 0.970 bits per heavy atom. The summed E-state index contributed by atoms with van der Waals surface area (Å²) in [4.78, 5) is 14.9. The van der Waals surface area contributed by atoms with E-state index in [0.717, 1.165) is 16.1 Å². The number of hydrogen-bond acceptors (Lipinski definition) is 5. The fourth-order valence-corrected chi connectivity index (χ4v) is 6.72. The Morgan fingerprint density at radius 3 is 2.09 bits per heavy atom. The summed E-state index contributed by atoms with van der Waals surface area (Å²) in [5, 5.41) is 0.413. The second-order valence-electron chi connectivity index (χ2n) is 7.87. The molecule has 1 heterocycles. The molecule has 1 amide bonds. The molecule has 0 saturated carbocycles. The van der Waals surface area contributed by atoms with Gasteiger partial charge in [-0.15, -0.1) is 0 Å². The fourth-order valence-electron chi connectivity index (χ4n) is 3.70. The minimum atomic E-state index is -3.88. The van der Waals surface area contributed by atoms with Gasteiger partial charge in [0.2, 0.25) is 26.0 Å². The number of nitrogens with zero attached hydrogens (tertiary/aromatic N) is 3. The van der Waals surface area contributed by atoms with Crippen molar-refractivity contribution in [2.45, 2.75) is 24.8 Å². The van der Waals surface area contributed by atoms with Gasteiger partial charge in [0.25, 0.3) is 0 Å². The maximum atomic E-state index is 13.2. The number of halogens is 2. The lowest BCUT2D eigenvalue weighted by Crippen LogP contribution is -2.56. The summed E-state index contributed by atoms with van der Waals surface area (Å²) >= 11 is 12.2. The molecular weight excluding hydrogens is 509 g/mol. The van der Waals surface area contributed by atoms with Gasteiger partial charge in [-0.1, -0.05) is 40.9 Å². The second-order valence-corrected chi connectivity index (χ2v) is 12.5. The number of carbonyl (C=O) groups is 1. The van der Waals surface area contributed by atoms with Crippen molar-refractivity contribution in [3.8, 4) is 0 Å². The molecule has 0 aliphatic carbocycles. The number of anilines is 1. The van der Waals surface area contributed by atoms with Gasteiger partial charge in [0.05, 0.1) is 21.9 Å². The van der Waals surface area contributed by atoms with Gasteiger partial charge in [0, 0.05) is 31.2 Å². The minimum Gasteiger partial charge on any atom is -0.338 e. The van der Waals surface area contributed by atoms with Crippen molar-refractivity contribution in [2.75, 3.05) is 36.7 Å². The van der Waals surface area contributed by atoms with E-state index >= 15 is 0 Å². The second kappa shape index (κ2) is 9.79. The number of hydrogen-bond donors (Lipinski definition) is 0. The topological polar surface area (TPSA) is 95.1 Å². The fraction of sp³-hybridized carbons (Fsp3) is 0.381. The molecule has 180 valence electrons. The first-order valence-electron chi connectivity index (χ1n) is 10.1. The molecule has 2 aromatic carbocycles. The molecule has 0 N–H and O–H groups in total. The van der Waals surface area contributed by atoms with E-state index in [1.165, 1.54) is 34.3 Å². The van der Waals surface area contributed by atoms with Crippen LogP contribution < -0.4 is 4.31 Å². The average molecular weight is 534 g/mol. The van der Waals surface area contributed by atoms with E-state index in [1.54, 1.807) is 24.3 Å². The number of sulfonamides is 2. The maximum absolute atomic E-state index is 13.2. The normalized spacial score (nSPS) is 16.5. The molecule has 1 atom stereocenters. The summed E-state index contributed by atoms with van der Waals surface area (Å²) in [6.07, 6.45) is 0.986. The number of rotatable bonds is 6. The van der Waals surface area contributed by atoms with E-state index in [0.29, 0.717) is 0 Å². The van der Waals surface area contributed by atoms with E-state index in [-0.39, 0.29) is 46.8 Å². The van der Waals surface area contributed by atoms with Crippen LogP contribution in [0.5, 0.6) is 0 Å². The summed E-state index contributed by atoms with van der Waals surface area (Å²) < 4.78 is 53.2. The van der Waals surface area contributed by atoms with Gasteiger partial charge in [-0.05, 0) is 44.2 Å². The van der Waals surface area contributed by atoms with Crippen LogP contribution in [0.15, 0.2) is 47.4 Å². The van der Waals surface area contributed by atoms with Crippen molar-refractivity contribution < 1.29 is 21.6 Å². The maximum Gasteiger partial charge on any atom is 0.246 e. The highest BCUT2D eigenvalue weighted by Crippen LogP contribution is 2.32. The summed E-state index contributed by atoms with van der Waals surface area (Å²) in [5.74, 6) is -0.455. The third-order valence-corrected chi connectivity index (χ3v) is 9.12. The molecule has 0 bridgehead atoms. The zero-order chi connectivity index (χ0) is 24.6. The highest BCUT2D eigenvalue weighted by atomic mass is 35.5. The Kier molecular flexibility index (Phi) is 7.65. The van der Waals surface area contributed by atoms with Crippen LogP contribution in [0.1, 0.15) is 12.5 Å². The number of amides is 1. The first kappa shape index (κ1) is 25.8. The predicted molar refractivity (Wildman–Crippen MR) is 130 cm³/mol. The van der Waals surface area contributed by atoms with Crippen LogP contribution in [0.25, 0.3) is 0 Å². The van der Waals surface area contributed by atoms with Crippen LogP contribution in [0.2, 0.25) is 10.0 Å². The first-order valence-corrected chi connectivity index (χ1v) is 14.2. The Labute approximate surface area is 204 Å². The summed E-state index contributed by atoms with van der Waals surface area (Å²) in [6.45, 7) is 3.82. The van der Waals surface area contributed by atoms with Gasteiger partial charge >= 0.3 is 0 Å². The standard InChI is InChI=1S/C21H25Cl2N3O5S2/c1-15-4-7-18(8-5-15)33(30,31)25-12-10-24(11-13-25)21(27)16(2)26(32(3,28)29)20-14-17(22)6-9-19(20)23/h4-9,14,16H,10-13H2,1-3H3/t16-/m1/s1. The molecule has 0 unspecified atom stereocenters. The lowest BCUT2D eigenvalue weighted by Gasteiger charge is -2.37. The zero-order valence-corrected chi connectivity index (χ0v) is 21.5. The van der Waals surface area contributed by atoms with Crippen LogP contribution in [0.3, 0.4) is 0 Å². The lowest BCUT2D eigenvalue weighted by atomic mass is 10.2. The molecule has 12 heteroatoms. The Morgan fingerprint density at radius 2 is 1.55 bits per heavy atom. The van der Waals surface area contributed by atoms with Crippen LogP contribution in [0.4, 0.5) is 5.69 Å². The van der Waals surface area contributed by atoms with Crippen LogP contribution in [-0.4, -0.2) is 70.4 Å². The first-order chi connectivity index (χ1) is 15.3. The molecule has 3 rings (SSSR count). The van der Waals surface area contributed by atoms with E-state index < -0.39 is 32.0 Å². The van der Waals surface area contributed by atoms with Gasteiger partial charge in [0.1, 0.15) is 6.04 Å². The van der Waals surface area contributed by atoms with Crippen molar-refractivity contribution in [1.82, 2.24) is 9.21 Å². The largest absolute Gasteiger partial charge is 0.338 e. The summed E-state index contributed by atoms with van der Waals surface area (Å²) in [6, 6.07) is 9.85. The molecule has 1 aliphatic heterocycles. The molecule has 0 radical (unpaired) electrons. The Bertz CT molecular complexity index is 1240. The van der Waals surface area contributed by atoms with Gasteiger partial charge in [-0.25, -0.2) is 16.8 Å². The van der Waals surface area contributed by atoms with E-state index in [9.17, 15) is 21.6 Å². The van der Waals surface area contributed by atoms with E-state index in [1.807, 2.05) is 6.92 Å². The third kappa shape index (κ3) is 5.63. The average Bonchev–Trinajstić information content (AvgIpc) is 2.75. The quantitative estimate of drug-likeness (QED) is 0.568. The van der Waals surface area contributed by atoms with Crippen molar-refractivity contribution in [2.24, 2.45) is 0 Å². The molecular formula is C21H25Cl2N3O5S2. The number of aryl methyl sites for hydroxylation is 1. The van der Waals surface area contributed by atoms with Gasteiger partial charge in [-0.2, -0.15) is 4.31 Å². The Balaban J connectivity index is 1.77. The van der Waals surface area contributed by atoms with Crippen molar-refractivity contribution in [3.63, 3.8) is 0 Å². The summed E-state index contributed by atoms with van der Waals surface area (Å²) in [7, 11) is -7.56. The molecule has 8 nitrogen and oxygen atoms in total. The monoisotopic (exact) mass is 533 g/mol.